The zero-order chi connectivity index (χ0) is 16.4. The van der Waals surface area contributed by atoms with Crippen LogP contribution in [0.4, 0.5) is 0 Å². The fourth-order valence-corrected chi connectivity index (χ4v) is 3.32. The molecule has 0 radical (unpaired) electrons. The normalized spacial score (nSPS) is 11.5. The van der Waals surface area contributed by atoms with E-state index < -0.39 is 0 Å². The van der Waals surface area contributed by atoms with Gasteiger partial charge in [0.2, 0.25) is 11.8 Å². The lowest BCUT2D eigenvalue weighted by Crippen LogP contribution is -2.13. The minimum absolute atomic E-state index is 0.0317. The van der Waals surface area contributed by atoms with Gasteiger partial charge in [-0.15, -0.1) is 10.2 Å². The van der Waals surface area contributed by atoms with E-state index in [-0.39, 0.29) is 11.4 Å². The zero-order valence-corrected chi connectivity index (χ0v) is 13.4. The van der Waals surface area contributed by atoms with Gasteiger partial charge in [0.15, 0.2) is 0 Å². The van der Waals surface area contributed by atoms with Crippen molar-refractivity contribution in [1.29, 1.82) is 0 Å². The molecule has 0 spiro atoms. The second kappa shape index (κ2) is 6.25. The maximum atomic E-state index is 12.1. The molecule has 0 unspecified atom stereocenters. The van der Waals surface area contributed by atoms with Crippen molar-refractivity contribution in [2.45, 2.75) is 6.54 Å². The Morgan fingerprint density at radius 3 is 2.67 bits per heavy atom. The molecule has 0 saturated heterocycles. The number of aromatic nitrogens is 3. The van der Waals surface area contributed by atoms with Crippen LogP contribution in [0.2, 0.25) is 0 Å². The molecule has 0 aliphatic rings. The van der Waals surface area contributed by atoms with Crippen molar-refractivity contribution >= 4 is 33.7 Å². The Balaban J connectivity index is 1.58. The SMILES string of the molecule is O=c1sc2ccccc2n1Cc1nnc(/C=C/c2ccccc2)o1. The predicted octanol–water partition coefficient (Wildman–Crippen LogP) is 3.66. The second-order valence-electron chi connectivity index (χ2n) is 5.20. The molecule has 6 heteroatoms. The smallest absolute Gasteiger partial charge is 0.308 e. The molecule has 4 rings (SSSR count). The molecule has 0 N–H and O–H groups in total. The molecule has 118 valence electrons. The van der Waals surface area contributed by atoms with Crippen LogP contribution in [0.1, 0.15) is 17.3 Å². The Hall–Kier alpha value is -2.99. The van der Waals surface area contributed by atoms with Crippen LogP contribution in [0.25, 0.3) is 22.4 Å². The van der Waals surface area contributed by atoms with Gasteiger partial charge in [-0.3, -0.25) is 9.36 Å². The zero-order valence-electron chi connectivity index (χ0n) is 12.6. The van der Waals surface area contributed by atoms with Crippen LogP contribution < -0.4 is 4.87 Å². The van der Waals surface area contributed by atoms with Crippen molar-refractivity contribution in [1.82, 2.24) is 14.8 Å². The van der Waals surface area contributed by atoms with E-state index in [9.17, 15) is 4.79 Å². The van der Waals surface area contributed by atoms with E-state index in [4.69, 9.17) is 4.42 Å². The minimum Gasteiger partial charge on any atom is -0.419 e. The molecule has 2 aromatic carbocycles. The highest BCUT2D eigenvalue weighted by Crippen LogP contribution is 2.17. The summed E-state index contributed by atoms with van der Waals surface area (Å²) in [5.74, 6) is 0.829. The fraction of sp³-hybridized carbons (Fsp3) is 0.0556. The van der Waals surface area contributed by atoms with Gasteiger partial charge in [-0.1, -0.05) is 53.8 Å². The van der Waals surface area contributed by atoms with Crippen LogP contribution in [0.15, 0.2) is 63.8 Å². The second-order valence-corrected chi connectivity index (χ2v) is 6.19. The molecule has 2 aromatic heterocycles. The average molecular weight is 335 g/mol. The summed E-state index contributed by atoms with van der Waals surface area (Å²) in [6, 6.07) is 17.6. The summed E-state index contributed by atoms with van der Waals surface area (Å²) < 4.78 is 8.22. The molecule has 0 amide bonds. The summed E-state index contributed by atoms with van der Waals surface area (Å²) in [5.41, 5.74) is 1.93. The standard InChI is InChI=1S/C18H13N3O2S/c22-18-21(14-8-4-5-9-15(14)24-18)12-17-20-19-16(23-17)11-10-13-6-2-1-3-7-13/h1-11H,12H2/b11-10+. The van der Waals surface area contributed by atoms with Crippen molar-refractivity contribution in [2.24, 2.45) is 0 Å². The van der Waals surface area contributed by atoms with Gasteiger partial charge in [0, 0.05) is 6.08 Å². The van der Waals surface area contributed by atoms with E-state index in [2.05, 4.69) is 10.2 Å². The average Bonchev–Trinajstić information content (AvgIpc) is 3.19. The molecule has 24 heavy (non-hydrogen) atoms. The van der Waals surface area contributed by atoms with Crippen LogP contribution in [0.5, 0.6) is 0 Å². The Bertz CT molecular complexity index is 1060. The molecule has 0 aliphatic heterocycles. The maximum Gasteiger partial charge on any atom is 0.308 e. The number of para-hydroxylation sites is 1. The molecule has 0 atom stereocenters. The third kappa shape index (κ3) is 2.91. The van der Waals surface area contributed by atoms with E-state index in [1.807, 2.05) is 60.7 Å². The Kier molecular flexibility index (Phi) is 3.80. The molecule has 2 heterocycles. The van der Waals surface area contributed by atoms with Gasteiger partial charge in [0.1, 0.15) is 6.54 Å². The van der Waals surface area contributed by atoms with E-state index in [0.29, 0.717) is 11.8 Å². The van der Waals surface area contributed by atoms with Crippen LogP contribution in [-0.4, -0.2) is 14.8 Å². The van der Waals surface area contributed by atoms with Crippen LogP contribution >= 0.6 is 11.3 Å². The van der Waals surface area contributed by atoms with Gasteiger partial charge < -0.3 is 4.42 Å². The van der Waals surface area contributed by atoms with Crippen LogP contribution in [0, 0.1) is 0 Å². The Labute approximate surface area is 141 Å². The first kappa shape index (κ1) is 14.6. The number of thiazole rings is 1. The molecule has 0 saturated carbocycles. The van der Waals surface area contributed by atoms with E-state index in [1.54, 1.807) is 10.6 Å². The molecular weight excluding hydrogens is 322 g/mol. The van der Waals surface area contributed by atoms with Gasteiger partial charge in [-0.2, -0.15) is 0 Å². The Morgan fingerprint density at radius 2 is 1.79 bits per heavy atom. The van der Waals surface area contributed by atoms with Crippen molar-refractivity contribution in [3.05, 3.63) is 81.6 Å². The summed E-state index contributed by atoms with van der Waals surface area (Å²) in [6.45, 7) is 0.273. The monoisotopic (exact) mass is 335 g/mol. The number of benzene rings is 2. The lowest BCUT2D eigenvalue weighted by Gasteiger charge is -1.98. The van der Waals surface area contributed by atoms with Crippen molar-refractivity contribution < 1.29 is 4.42 Å². The Morgan fingerprint density at radius 1 is 1.00 bits per heavy atom. The van der Waals surface area contributed by atoms with Crippen LogP contribution in [0.3, 0.4) is 0 Å². The third-order valence-corrected chi connectivity index (χ3v) is 4.53. The third-order valence-electron chi connectivity index (χ3n) is 3.57. The lowest BCUT2D eigenvalue weighted by molar-refractivity contribution is 0.472. The van der Waals surface area contributed by atoms with Gasteiger partial charge in [0.05, 0.1) is 10.2 Å². The van der Waals surface area contributed by atoms with E-state index >= 15 is 0 Å². The first-order valence-corrected chi connectivity index (χ1v) is 8.25. The summed E-state index contributed by atoms with van der Waals surface area (Å²) in [5, 5.41) is 8.03. The maximum absolute atomic E-state index is 12.1. The minimum atomic E-state index is -0.0317. The number of rotatable bonds is 4. The molecule has 0 aliphatic carbocycles. The van der Waals surface area contributed by atoms with Gasteiger partial charge in [0.25, 0.3) is 0 Å². The highest BCUT2D eigenvalue weighted by molar-refractivity contribution is 7.16. The van der Waals surface area contributed by atoms with Crippen molar-refractivity contribution in [3.63, 3.8) is 0 Å². The number of hydrogen-bond donors (Lipinski definition) is 0. The van der Waals surface area contributed by atoms with Gasteiger partial charge >= 0.3 is 4.87 Å². The van der Waals surface area contributed by atoms with E-state index in [1.165, 1.54) is 11.3 Å². The lowest BCUT2D eigenvalue weighted by atomic mass is 10.2. The molecule has 0 bridgehead atoms. The van der Waals surface area contributed by atoms with Crippen molar-refractivity contribution in [3.8, 4) is 0 Å². The molecule has 5 nitrogen and oxygen atoms in total. The highest BCUT2D eigenvalue weighted by Gasteiger charge is 2.11. The highest BCUT2D eigenvalue weighted by atomic mass is 32.1. The van der Waals surface area contributed by atoms with E-state index in [0.717, 1.165) is 15.8 Å². The van der Waals surface area contributed by atoms with Gasteiger partial charge in [-0.05, 0) is 23.8 Å². The van der Waals surface area contributed by atoms with Gasteiger partial charge in [-0.25, -0.2) is 0 Å². The predicted molar refractivity (Wildman–Crippen MR) is 94.9 cm³/mol. The summed E-state index contributed by atoms with van der Waals surface area (Å²) in [6.07, 6.45) is 3.67. The van der Waals surface area contributed by atoms with Crippen LogP contribution in [-0.2, 0) is 6.54 Å². The summed E-state index contributed by atoms with van der Waals surface area (Å²) >= 11 is 1.22. The molecular formula is C18H13N3O2S. The quantitative estimate of drug-likeness (QED) is 0.571. The number of fused-ring (bicyclic) bond motifs is 1. The molecule has 4 aromatic rings. The number of hydrogen-bond acceptors (Lipinski definition) is 5. The number of nitrogens with zero attached hydrogens (tertiary/aromatic N) is 3. The first-order chi connectivity index (χ1) is 11.8. The topological polar surface area (TPSA) is 60.9 Å². The fourth-order valence-electron chi connectivity index (χ4n) is 2.43. The molecule has 0 fully saturated rings. The largest absolute Gasteiger partial charge is 0.419 e. The summed E-state index contributed by atoms with van der Waals surface area (Å²) in [4.78, 5) is 12.1. The van der Waals surface area contributed by atoms with Crippen molar-refractivity contribution in [2.75, 3.05) is 0 Å². The first-order valence-electron chi connectivity index (χ1n) is 7.43. The summed E-state index contributed by atoms with van der Waals surface area (Å²) in [7, 11) is 0.